The summed E-state index contributed by atoms with van der Waals surface area (Å²) in [6, 6.07) is 7.07. The highest BCUT2D eigenvalue weighted by Crippen LogP contribution is 2.27. The lowest BCUT2D eigenvalue weighted by molar-refractivity contribution is 0.0758. The summed E-state index contributed by atoms with van der Waals surface area (Å²) in [4.78, 5) is 7.10. The standard InChI is InChI=1S/C18H24FN3OS/c1-3-23-13(2)18-21-16(12-24-18)11-22-8-7-20-10-17(22)14-5-4-6-15(19)9-14/h4-6,9,12-13,17,20H,3,7-8,10-11H2,1-2H3. The Balaban J connectivity index is 1.72. The van der Waals surface area contributed by atoms with Crippen LogP contribution < -0.4 is 5.32 Å². The fourth-order valence-corrected chi connectivity index (χ4v) is 3.90. The predicted octanol–water partition coefficient (Wildman–Crippen LogP) is 3.53. The molecule has 2 atom stereocenters. The van der Waals surface area contributed by atoms with Crippen LogP contribution in [0.15, 0.2) is 29.6 Å². The molecule has 0 spiro atoms. The van der Waals surface area contributed by atoms with E-state index < -0.39 is 0 Å². The molecule has 1 fully saturated rings. The van der Waals surface area contributed by atoms with E-state index >= 15 is 0 Å². The number of halogens is 1. The summed E-state index contributed by atoms with van der Waals surface area (Å²) in [6.45, 7) is 8.19. The highest BCUT2D eigenvalue weighted by Gasteiger charge is 2.25. The van der Waals surface area contributed by atoms with Gasteiger partial charge in [0.1, 0.15) is 16.9 Å². The number of ether oxygens (including phenoxy) is 1. The van der Waals surface area contributed by atoms with Crippen LogP contribution in [0.4, 0.5) is 4.39 Å². The van der Waals surface area contributed by atoms with Gasteiger partial charge in [-0.15, -0.1) is 11.3 Å². The Bertz CT molecular complexity index is 663. The van der Waals surface area contributed by atoms with Crippen molar-refractivity contribution in [3.63, 3.8) is 0 Å². The van der Waals surface area contributed by atoms with E-state index in [1.165, 1.54) is 6.07 Å². The lowest BCUT2D eigenvalue weighted by Gasteiger charge is -2.36. The maximum atomic E-state index is 13.6. The van der Waals surface area contributed by atoms with Crippen molar-refractivity contribution < 1.29 is 9.13 Å². The Hall–Kier alpha value is -1.34. The molecular formula is C18H24FN3OS. The number of piperazine rings is 1. The molecule has 6 heteroatoms. The van der Waals surface area contributed by atoms with Crippen LogP contribution in [0.5, 0.6) is 0 Å². The summed E-state index contributed by atoms with van der Waals surface area (Å²) < 4.78 is 19.2. The summed E-state index contributed by atoms with van der Waals surface area (Å²) in [5.41, 5.74) is 2.07. The van der Waals surface area contributed by atoms with Crippen molar-refractivity contribution in [2.45, 2.75) is 32.5 Å². The van der Waals surface area contributed by atoms with Gasteiger partial charge in [-0.3, -0.25) is 4.90 Å². The third-order valence-corrected chi connectivity index (χ3v) is 5.34. The Morgan fingerprint density at radius 3 is 3.17 bits per heavy atom. The number of nitrogens with one attached hydrogen (secondary N) is 1. The van der Waals surface area contributed by atoms with Crippen LogP contribution >= 0.6 is 11.3 Å². The second-order valence-electron chi connectivity index (χ2n) is 6.02. The van der Waals surface area contributed by atoms with E-state index in [0.717, 1.165) is 42.4 Å². The molecular weight excluding hydrogens is 325 g/mol. The predicted molar refractivity (Wildman–Crippen MR) is 94.6 cm³/mol. The molecule has 0 radical (unpaired) electrons. The van der Waals surface area contributed by atoms with Crippen LogP contribution in [0, 0.1) is 5.82 Å². The summed E-state index contributed by atoms with van der Waals surface area (Å²) >= 11 is 1.65. The molecule has 3 rings (SSSR count). The smallest absolute Gasteiger partial charge is 0.123 e. The van der Waals surface area contributed by atoms with Gasteiger partial charge in [-0.05, 0) is 31.5 Å². The zero-order chi connectivity index (χ0) is 16.9. The number of hydrogen-bond donors (Lipinski definition) is 1. The van der Waals surface area contributed by atoms with Gasteiger partial charge >= 0.3 is 0 Å². The first-order valence-electron chi connectivity index (χ1n) is 8.43. The number of hydrogen-bond acceptors (Lipinski definition) is 5. The van der Waals surface area contributed by atoms with Crippen LogP contribution in [0.3, 0.4) is 0 Å². The van der Waals surface area contributed by atoms with E-state index in [2.05, 4.69) is 15.6 Å². The van der Waals surface area contributed by atoms with Crippen molar-refractivity contribution in [1.82, 2.24) is 15.2 Å². The Kier molecular flexibility index (Phi) is 5.94. The molecule has 0 amide bonds. The topological polar surface area (TPSA) is 37.4 Å². The fourth-order valence-electron chi connectivity index (χ4n) is 3.09. The molecule has 1 N–H and O–H groups in total. The van der Waals surface area contributed by atoms with Crippen molar-refractivity contribution >= 4 is 11.3 Å². The van der Waals surface area contributed by atoms with Crippen LogP contribution in [0.25, 0.3) is 0 Å². The lowest BCUT2D eigenvalue weighted by atomic mass is 10.0. The Morgan fingerprint density at radius 2 is 2.38 bits per heavy atom. The second kappa shape index (κ2) is 8.16. The number of thiazole rings is 1. The number of benzene rings is 1. The molecule has 24 heavy (non-hydrogen) atoms. The van der Waals surface area contributed by atoms with Crippen molar-refractivity contribution in [3.8, 4) is 0 Å². The molecule has 1 aromatic carbocycles. The van der Waals surface area contributed by atoms with Gasteiger partial charge in [0.2, 0.25) is 0 Å². The molecule has 0 saturated carbocycles. The maximum Gasteiger partial charge on any atom is 0.123 e. The van der Waals surface area contributed by atoms with Gasteiger partial charge in [0.05, 0.1) is 5.69 Å². The van der Waals surface area contributed by atoms with Gasteiger partial charge in [-0.25, -0.2) is 9.37 Å². The molecule has 1 saturated heterocycles. The normalized spacial score (nSPS) is 20.2. The van der Waals surface area contributed by atoms with Crippen LogP contribution in [-0.2, 0) is 11.3 Å². The molecule has 1 aliphatic rings. The third-order valence-electron chi connectivity index (χ3n) is 4.29. The Labute approximate surface area is 146 Å². The van der Waals surface area contributed by atoms with Crippen molar-refractivity contribution in [2.75, 3.05) is 26.2 Å². The lowest BCUT2D eigenvalue weighted by Crippen LogP contribution is -2.45. The molecule has 2 aromatic rings. The van der Waals surface area contributed by atoms with Gasteiger partial charge in [-0.2, -0.15) is 0 Å². The minimum Gasteiger partial charge on any atom is -0.372 e. The van der Waals surface area contributed by atoms with E-state index in [1.54, 1.807) is 23.5 Å². The summed E-state index contributed by atoms with van der Waals surface area (Å²) in [5, 5.41) is 6.53. The SMILES string of the molecule is CCOC(C)c1nc(CN2CCNCC2c2cccc(F)c2)cs1. The molecule has 0 aliphatic carbocycles. The molecule has 2 unspecified atom stereocenters. The number of rotatable bonds is 6. The van der Waals surface area contributed by atoms with Crippen LogP contribution in [-0.4, -0.2) is 36.1 Å². The molecule has 130 valence electrons. The number of nitrogens with zero attached hydrogens (tertiary/aromatic N) is 2. The first kappa shape index (κ1) is 17.5. The van der Waals surface area contributed by atoms with Crippen molar-refractivity contribution in [1.29, 1.82) is 0 Å². The minimum atomic E-state index is -0.181. The largest absolute Gasteiger partial charge is 0.372 e. The molecule has 0 bridgehead atoms. The average Bonchev–Trinajstić information content (AvgIpc) is 3.04. The van der Waals surface area contributed by atoms with Crippen molar-refractivity contribution in [2.24, 2.45) is 0 Å². The molecule has 4 nitrogen and oxygen atoms in total. The monoisotopic (exact) mass is 349 g/mol. The maximum absolute atomic E-state index is 13.6. The zero-order valence-corrected chi connectivity index (χ0v) is 15.0. The fraction of sp³-hybridized carbons (Fsp3) is 0.500. The average molecular weight is 349 g/mol. The van der Waals surface area contributed by atoms with Gasteiger partial charge in [0.15, 0.2) is 0 Å². The Morgan fingerprint density at radius 1 is 1.50 bits per heavy atom. The molecule has 1 aliphatic heterocycles. The van der Waals surface area contributed by atoms with E-state index in [4.69, 9.17) is 9.72 Å². The van der Waals surface area contributed by atoms with Crippen LogP contribution in [0.1, 0.15) is 42.3 Å². The highest BCUT2D eigenvalue weighted by molar-refractivity contribution is 7.09. The van der Waals surface area contributed by atoms with E-state index in [-0.39, 0.29) is 18.0 Å². The third kappa shape index (κ3) is 4.19. The van der Waals surface area contributed by atoms with Gasteiger partial charge < -0.3 is 10.1 Å². The second-order valence-corrected chi connectivity index (χ2v) is 6.91. The van der Waals surface area contributed by atoms with E-state index in [9.17, 15) is 4.39 Å². The van der Waals surface area contributed by atoms with Gasteiger partial charge in [0.25, 0.3) is 0 Å². The van der Waals surface area contributed by atoms with E-state index in [0.29, 0.717) is 6.61 Å². The van der Waals surface area contributed by atoms with Gasteiger partial charge in [-0.1, -0.05) is 12.1 Å². The minimum absolute atomic E-state index is 0.0378. The highest BCUT2D eigenvalue weighted by atomic mass is 32.1. The number of aromatic nitrogens is 1. The van der Waals surface area contributed by atoms with Crippen molar-refractivity contribution in [3.05, 3.63) is 51.7 Å². The first-order chi connectivity index (χ1) is 11.7. The summed E-state index contributed by atoms with van der Waals surface area (Å²) in [6.07, 6.45) is 0.0378. The molecule has 2 heterocycles. The van der Waals surface area contributed by atoms with Gasteiger partial charge in [0, 0.05) is 44.2 Å². The summed E-state index contributed by atoms with van der Waals surface area (Å²) in [7, 11) is 0. The quantitative estimate of drug-likeness (QED) is 0.866. The summed E-state index contributed by atoms with van der Waals surface area (Å²) in [5.74, 6) is -0.181. The van der Waals surface area contributed by atoms with E-state index in [1.807, 2.05) is 19.9 Å². The van der Waals surface area contributed by atoms with Crippen LogP contribution in [0.2, 0.25) is 0 Å². The first-order valence-corrected chi connectivity index (χ1v) is 9.31. The molecule has 1 aromatic heterocycles. The zero-order valence-electron chi connectivity index (χ0n) is 14.2.